The van der Waals surface area contributed by atoms with Crippen molar-refractivity contribution in [3.05, 3.63) is 81.0 Å². The molecule has 3 N–H and O–H groups in total. The van der Waals surface area contributed by atoms with E-state index in [4.69, 9.17) is 35.4 Å². The lowest BCUT2D eigenvalue weighted by Gasteiger charge is -2.12. The zero-order chi connectivity index (χ0) is 20.3. The molecule has 0 aliphatic rings. The number of pyridine rings is 1. The van der Waals surface area contributed by atoms with Gasteiger partial charge in [-0.05, 0) is 48.5 Å². The van der Waals surface area contributed by atoms with Crippen molar-refractivity contribution in [2.45, 2.75) is 4.90 Å². The zero-order valence-electron chi connectivity index (χ0n) is 14.1. The summed E-state index contributed by atoms with van der Waals surface area (Å²) in [5.74, 6) is -0.377. The van der Waals surface area contributed by atoms with Crippen LogP contribution in [0.5, 0.6) is 0 Å². The summed E-state index contributed by atoms with van der Waals surface area (Å²) in [6.45, 7) is 0. The maximum absolute atomic E-state index is 12.6. The SMILES string of the molecule is O=C(Nc1ccc(NS(=O)(=O)c2c(Cl)cccc2Cl)cc1)c1ccc[nH]c1=S. The number of amides is 1. The summed E-state index contributed by atoms with van der Waals surface area (Å²) in [6, 6.07) is 13.8. The highest BCUT2D eigenvalue weighted by atomic mass is 35.5. The van der Waals surface area contributed by atoms with Gasteiger partial charge in [0.25, 0.3) is 15.9 Å². The Morgan fingerprint density at radius 2 is 1.54 bits per heavy atom. The molecule has 0 fully saturated rings. The minimum absolute atomic E-state index is 0.0169. The lowest BCUT2D eigenvalue weighted by Crippen LogP contribution is -2.15. The van der Waals surface area contributed by atoms with Crippen LogP contribution in [-0.2, 0) is 10.0 Å². The zero-order valence-corrected chi connectivity index (χ0v) is 17.2. The van der Waals surface area contributed by atoms with Crippen LogP contribution in [-0.4, -0.2) is 19.3 Å². The molecule has 1 aromatic heterocycles. The minimum atomic E-state index is -3.98. The Kier molecular flexibility index (Phi) is 6.04. The Bertz CT molecular complexity index is 1170. The largest absolute Gasteiger partial charge is 0.352 e. The van der Waals surface area contributed by atoms with E-state index in [-0.39, 0.29) is 26.5 Å². The van der Waals surface area contributed by atoms with E-state index >= 15 is 0 Å². The summed E-state index contributed by atoms with van der Waals surface area (Å²) in [6.07, 6.45) is 1.63. The van der Waals surface area contributed by atoms with E-state index in [1.807, 2.05) is 0 Å². The van der Waals surface area contributed by atoms with Crippen molar-refractivity contribution in [2.75, 3.05) is 10.0 Å². The molecule has 1 heterocycles. The molecule has 10 heteroatoms. The molecule has 0 aliphatic carbocycles. The Labute approximate surface area is 176 Å². The number of sulfonamides is 1. The quantitative estimate of drug-likeness (QED) is 0.468. The molecule has 28 heavy (non-hydrogen) atoms. The normalized spacial score (nSPS) is 11.1. The van der Waals surface area contributed by atoms with E-state index in [2.05, 4.69) is 15.0 Å². The predicted octanol–water partition coefficient (Wildman–Crippen LogP) is 5.10. The number of aromatic nitrogens is 1. The highest BCUT2D eigenvalue weighted by Gasteiger charge is 2.21. The molecule has 0 saturated carbocycles. The molecule has 0 saturated heterocycles. The summed E-state index contributed by atoms with van der Waals surface area (Å²) >= 11 is 17.0. The van der Waals surface area contributed by atoms with E-state index in [0.29, 0.717) is 15.9 Å². The van der Waals surface area contributed by atoms with Crippen molar-refractivity contribution in [3.8, 4) is 0 Å². The van der Waals surface area contributed by atoms with Crippen LogP contribution >= 0.6 is 35.4 Å². The molecule has 0 atom stereocenters. The fourth-order valence-corrected chi connectivity index (χ4v) is 4.80. The van der Waals surface area contributed by atoms with Crippen molar-refractivity contribution in [2.24, 2.45) is 0 Å². The second-order valence-electron chi connectivity index (χ2n) is 5.60. The monoisotopic (exact) mass is 453 g/mol. The van der Waals surface area contributed by atoms with Gasteiger partial charge >= 0.3 is 0 Å². The second-order valence-corrected chi connectivity index (χ2v) is 8.44. The van der Waals surface area contributed by atoms with Gasteiger partial charge in [0.05, 0.1) is 15.6 Å². The molecular weight excluding hydrogens is 441 g/mol. The Hall–Kier alpha value is -2.39. The number of carbonyl (C=O) groups is 1. The maximum Gasteiger partial charge on any atom is 0.264 e. The van der Waals surface area contributed by atoms with Crippen molar-refractivity contribution < 1.29 is 13.2 Å². The van der Waals surface area contributed by atoms with Gasteiger partial charge in [-0.25, -0.2) is 8.42 Å². The molecule has 1 amide bonds. The number of halogens is 2. The second kappa shape index (κ2) is 8.32. The van der Waals surface area contributed by atoms with E-state index in [1.165, 1.54) is 24.3 Å². The number of anilines is 2. The number of hydrogen-bond donors (Lipinski definition) is 3. The first-order chi connectivity index (χ1) is 13.3. The molecule has 3 aromatic rings. The molecule has 3 rings (SSSR count). The summed E-state index contributed by atoms with van der Waals surface area (Å²) < 4.78 is 27.9. The van der Waals surface area contributed by atoms with E-state index in [9.17, 15) is 13.2 Å². The standard InChI is InChI=1S/C18H13Cl2N3O3S2/c19-14-4-1-5-15(20)16(14)28(25,26)23-12-8-6-11(7-9-12)22-17(24)13-3-2-10-21-18(13)27/h1-10,23H,(H,21,27)(H,22,24). The number of rotatable bonds is 5. The van der Waals surface area contributed by atoms with Crippen molar-refractivity contribution in [1.29, 1.82) is 0 Å². The molecule has 0 unspecified atom stereocenters. The van der Waals surface area contributed by atoms with E-state index in [1.54, 1.807) is 36.5 Å². The van der Waals surface area contributed by atoms with Gasteiger partial charge in [-0.15, -0.1) is 0 Å². The first-order valence-electron chi connectivity index (χ1n) is 7.84. The fourth-order valence-electron chi connectivity index (χ4n) is 2.37. The van der Waals surface area contributed by atoms with Crippen LogP contribution in [0.2, 0.25) is 10.0 Å². The molecule has 2 aromatic carbocycles. The average Bonchev–Trinajstić information content (AvgIpc) is 2.63. The van der Waals surface area contributed by atoms with Gasteiger partial charge in [-0.2, -0.15) is 0 Å². The van der Waals surface area contributed by atoms with Crippen molar-refractivity contribution >= 4 is 62.7 Å². The van der Waals surface area contributed by atoms with Gasteiger partial charge in [0.1, 0.15) is 9.54 Å². The third-order valence-corrected chi connectivity index (χ3v) is 6.32. The number of nitrogens with one attached hydrogen (secondary N) is 3. The van der Waals surface area contributed by atoms with Gasteiger partial charge in [0.15, 0.2) is 0 Å². The van der Waals surface area contributed by atoms with Crippen LogP contribution in [0.1, 0.15) is 10.4 Å². The number of H-pyrrole nitrogens is 1. The number of benzene rings is 2. The number of aromatic amines is 1. The van der Waals surface area contributed by atoms with Gasteiger partial charge in [-0.3, -0.25) is 9.52 Å². The predicted molar refractivity (Wildman–Crippen MR) is 113 cm³/mol. The number of hydrogen-bond acceptors (Lipinski definition) is 4. The highest BCUT2D eigenvalue weighted by Crippen LogP contribution is 2.30. The van der Waals surface area contributed by atoms with Crippen LogP contribution in [0.25, 0.3) is 0 Å². The van der Waals surface area contributed by atoms with Crippen LogP contribution in [0.15, 0.2) is 65.7 Å². The molecule has 144 valence electrons. The van der Waals surface area contributed by atoms with Crippen LogP contribution in [0.3, 0.4) is 0 Å². The Balaban J connectivity index is 1.77. The fraction of sp³-hybridized carbons (Fsp3) is 0. The summed E-state index contributed by atoms with van der Waals surface area (Å²) in [5.41, 5.74) is 1.09. The molecule has 0 radical (unpaired) electrons. The Morgan fingerprint density at radius 3 is 2.14 bits per heavy atom. The average molecular weight is 454 g/mol. The van der Waals surface area contributed by atoms with Crippen molar-refractivity contribution in [1.82, 2.24) is 4.98 Å². The van der Waals surface area contributed by atoms with Crippen LogP contribution in [0.4, 0.5) is 11.4 Å². The molecule has 0 bridgehead atoms. The van der Waals surface area contributed by atoms with Gasteiger partial charge in [0.2, 0.25) is 0 Å². The molecule has 0 aliphatic heterocycles. The molecular formula is C18H13Cl2N3O3S2. The Morgan fingerprint density at radius 1 is 0.929 bits per heavy atom. The van der Waals surface area contributed by atoms with Gasteiger partial charge in [-0.1, -0.05) is 41.5 Å². The van der Waals surface area contributed by atoms with Crippen molar-refractivity contribution in [3.63, 3.8) is 0 Å². The van der Waals surface area contributed by atoms with E-state index in [0.717, 1.165) is 0 Å². The molecule has 0 spiro atoms. The summed E-state index contributed by atoms with van der Waals surface area (Å²) in [5, 5.41) is 2.73. The smallest absolute Gasteiger partial charge is 0.264 e. The third-order valence-electron chi connectivity index (χ3n) is 3.65. The summed E-state index contributed by atoms with van der Waals surface area (Å²) in [7, 11) is -3.98. The first-order valence-corrected chi connectivity index (χ1v) is 10.5. The van der Waals surface area contributed by atoms with Gasteiger partial charge in [0, 0.05) is 17.6 Å². The maximum atomic E-state index is 12.6. The van der Waals surface area contributed by atoms with Gasteiger partial charge < -0.3 is 10.3 Å². The molecule has 6 nitrogen and oxygen atoms in total. The van der Waals surface area contributed by atoms with E-state index < -0.39 is 10.0 Å². The highest BCUT2D eigenvalue weighted by molar-refractivity contribution is 7.93. The minimum Gasteiger partial charge on any atom is -0.352 e. The van der Waals surface area contributed by atoms with Crippen LogP contribution < -0.4 is 10.0 Å². The third kappa shape index (κ3) is 4.53. The summed E-state index contributed by atoms with van der Waals surface area (Å²) in [4.78, 5) is 14.9. The lowest BCUT2D eigenvalue weighted by molar-refractivity contribution is 0.102. The van der Waals surface area contributed by atoms with Crippen LogP contribution in [0, 0.1) is 4.64 Å². The topological polar surface area (TPSA) is 91.1 Å². The first kappa shape index (κ1) is 20.3. The lowest BCUT2D eigenvalue weighted by atomic mass is 10.2. The number of carbonyl (C=O) groups excluding carboxylic acids is 1.